The molecule has 21 heavy (non-hydrogen) atoms. The lowest BCUT2D eigenvalue weighted by atomic mass is 10.00. The number of hydrogen-bond acceptors (Lipinski definition) is 4. The summed E-state index contributed by atoms with van der Waals surface area (Å²) in [5, 5.41) is 0.412. The van der Waals surface area contributed by atoms with Crippen molar-refractivity contribution in [2.75, 3.05) is 12.3 Å². The van der Waals surface area contributed by atoms with Crippen LogP contribution in [0.3, 0.4) is 0 Å². The lowest BCUT2D eigenvalue weighted by molar-refractivity contribution is 0.393. The Morgan fingerprint density at radius 3 is 2.81 bits per heavy atom. The molecule has 112 valence electrons. The summed E-state index contributed by atoms with van der Waals surface area (Å²) < 4.78 is 27.7. The molecular weight excluding hydrogens is 396 g/mol. The second kappa shape index (κ2) is 5.55. The van der Waals surface area contributed by atoms with Crippen molar-refractivity contribution in [1.29, 1.82) is 0 Å². The molecule has 4 nitrogen and oxygen atoms in total. The van der Waals surface area contributed by atoms with E-state index in [-0.39, 0.29) is 4.21 Å². The van der Waals surface area contributed by atoms with Crippen LogP contribution in [0, 0.1) is 0 Å². The zero-order valence-electron chi connectivity index (χ0n) is 10.8. The highest BCUT2D eigenvalue weighted by Crippen LogP contribution is 2.37. The number of nitrogens with two attached hydrogens (primary N) is 1. The predicted octanol–water partition coefficient (Wildman–Crippen LogP) is 3.49. The summed E-state index contributed by atoms with van der Waals surface area (Å²) in [7, 11) is -3.54. The standard InChI is InChI=1S/C13H12BrClN2O2S2/c14-13-10(15)6-12(20-13)21(18,19)17-5-4-8-2-1-3-11(16)9(8)7-17/h1-3,6H,4-5,7,16H2. The molecule has 0 radical (unpaired) electrons. The molecule has 0 amide bonds. The number of halogens is 2. The van der Waals surface area contributed by atoms with Gasteiger partial charge >= 0.3 is 0 Å². The lowest BCUT2D eigenvalue weighted by Crippen LogP contribution is -2.36. The van der Waals surface area contributed by atoms with Crippen LogP contribution in [-0.4, -0.2) is 19.3 Å². The Kier molecular flexibility index (Phi) is 4.04. The van der Waals surface area contributed by atoms with Crippen LogP contribution >= 0.6 is 38.9 Å². The molecule has 0 bridgehead atoms. The molecule has 2 aromatic rings. The molecule has 0 saturated carbocycles. The minimum atomic E-state index is -3.54. The van der Waals surface area contributed by atoms with E-state index in [1.165, 1.54) is 10.4 Å². The highest BCUT2D eigenvalue weighted by atomic mass is 79.9. The van der Waals surface area contributed by atoms with Crippen molar-refractivity contribution >= 4 is 54.6 Å². The predicted molar refractivity (Wildman–Crippen MR) is 89.2 cm³/mol. The summed E-state index contributed by atoms with van der Waals surface area (Å²) in [6, 6.07) is 7.17. The largest absolute Gasteiger partial charge is 0.398 e. The van der Waals surface area contributed by atoms with E-state index in [2.05, 4.69) is 15.9 Å². The molecule has 0 saturated heterocycles. The zero-order chi connectivity index (χ0) is 15.2. The maximum atomic E-state index is 12.7. The van der Waals surface area contributed by atoms with Crippen LogP contribution in [-0.2, 0) is 23.0 Å². The highest BCUT2D eigenvalue weighted by molar-refractivity contribution is 9.11. The van der Waals surface area contributed by atoms with Gasteiger partial charge in [0.1, 0.15) is 4.21 Å². The fourth-order valence-corrected chi connectivity index (χ4v) is 6.33. The van der Waals surface area contributed by atoms with Crippen LogP contribution in [0.15, 0.2) is 32.3 Å². The molecule has 0 aliphatic carbocycles. The quantitative estimate of drug-likeness (QED) is 0.775. The van der Waals surface area contributed by atoms with Crippen LogP contribution < -0.4 is 5.73 Å². The van der Waals surface area contributed by atoms with E-state index in [4.69, 9.17) is 17.3 Å². The SMILES string of the molecule is Nc1cccc2c1CN(S(=O)(=O)c1cc(Cl)c(Br)s1)CC2. The van der Waals surface area contributed by atoms with Crippen LogP contribution in [0.2, 0.25) is 5.02 Å². The van der Waals surface area contributed by atoms with Gasteiger partial charge in [0, 0.05) is 18.8 Å². The molecule has 0 unspecified atom stereocenters. The second-order valence-corrected chi connectivity index (χ2v) is 9.70. The summed E-state index contributed by atoms with van der Waals surface area (Å²) in [5.74, 6) is 0. The van der Waals surface area contributed by atoms with Crippen LogP contribution in [0.1, 0.15) is 11.1 Å². The first-order chi connectivity index (χ1) is 9.89. The van der Waals surface area contributed by atoms with Gasteiger partial charge in [-0.1, -0.05) is 23.7 Å². The van der Waals surface area contributed by atoms with E-state index in [1.54, 1.807) is 6.07 Å². The minimum Gasteiger partial charge on any atom is -0.398 e. The number of nitrogen functional groups attached to an aromatic ring is 1. The van der Waals surface area contributed by atoms with Gasteiger partial charge in [-0.2, -0.15) is 4.31 Å². The molecule has 0 spiro atoms. The van der Waals surface area contributed by atoms with E-state index in [0.29, 0.717) is 34.0 Å². The molecular formula is C13H12BrClN2O2S2. The Labute approximate surface area is 140 Å². The van der Waals surface area contributed by atoms with Crippen molar-refractivity contribution < 1.29 is 8.42 Å². The zero-order valence-corrected chi connectivity index (χ0v) is 14.8. The average molecular weight is 408 g/mol. The minimum absolute atomic E-state index is 0.248. The number of rotatable bonds is 2. The summed E-state index contributed by atoms with van der Waals surface area (Å²) in [5.41, 5.74) is 8.62. The van der Waals surface area contributed by atoms with Crippen molar-refractivity contribution in [3.8, 4) is 0 Å². The van der Waals surface area contributed by atoms with Gasteiger partial charge in [0.25, 0.3) is 10.0 Å². The van der Waals surface area contributed by atoms with Gasteiger partial charge in [-0.3, -0.25) is 0 Å². The maximum absolute atomic E-state index is 12.7. The van der Waals surface area contributed by atoms with E-state index < -0.39 is 10.0 Å². The third-order valence-electron chi connectivity index (χ3n) is 3.49. The maximum Gasteiger partial charge on any atom is 0.252 e. The number of fused-ring (bicyclic) bond motifs is 1. The number of benzene rings is 1. The van der Waals surface area contributed by atoms with Gasteiger partial charge in [-0.05, 0) is 45.6 Å². The van der Waals surface area contributed by atoms with Gasteiger partial charge in [0.15, 0.2) is 0 Å². The molecule has 0 atom stereocenters. The number of anilines is 1. The van der Waals surface area contributed by atoms with Gasteiger partial charge in [-0.15, -0.1) is 11.3 Å². The average Bonchev–Trinajstić information content (AvgIpc) is 2.79. The number of sulfonamides is 1. The smallest absolute Gasteiger partial charge is 0.252 e. The molecule has 1 aromatic carbocycles. The molecule has 1 aliphatic heterocycles. The van der Waals surface area contributed by atoms with Gasteiger partial charge in [0.2, 0.25) is 0 Å². The fraction of sp³-hybridized carbons (Fsp3) is 0.231. The van der Waals surface area contributed by atoms with Gasteiger partial charge in [-0.25, -0.2) is 8.42 Å². The first-order valence-electron chi connectivity index (χ1n) is 6.21. The Bertz CT molecular complexity index is 785. The van der Waals surface area contributed by atoms with Crippen molar-refractivity contribution in [2.24, 2.45) is 0 Å². The van der Waals surface area contributed by atoms with Crippen molar-refractivity contribution in [2.45, 2.75) is 17.2 Å². The Morgan fingerprint density at radius 2 is 2.14 bits per heavy atom. The van der Waals surface area contributed by atoms with E-state index >= 15 is 0 Å². The third kappa shape index (κ3) is 2.73. The van der Waals surface area contributed by atoms with E-state index in [0.717, 1.165) is 22.5 Å². The molecule has 0 fully saturated rings. The van der Waals surface area contributed by atoms with Crippen molar-refractivity contribution in [3.63, 3.8) is 0 Å². The fourth-order valence-electron chi connectivity index (χ4n) is 2.37. The Balaban J connectivity index is 1.97. The topological polar surface area (TPSA) is 63.4 Å². The van der Waals surface area contributed by atoms with Gasteiger partial charge < -0.3 is 5.73 Å². The first kappa shape index (κ1) is 15.3. The lowest BCUT2D eigenvalue weighted by Gasteiger charge is -2.28. The van der Waals surface area contributed by atoms with Crippen LogP contribution in [0.5, 0.6) is 0 Å². The summed E-state index contributed by atoms with van der Waals surface area (Å²) in [6.45, 7) is 0.753. The molecule has 8 heteroatoms. The Morgan fingerprint density at radius 1 is 1.38 bits per heavy atom. The van der Waals surface area contributed by atoms with Crippen LogP contribution in [0.25, 0.3) is 0 Å². The second-order valence-electron chi connectivity index (χ2n) is 4.76. The number of nitrogens with zero attached hydrogens (tertiary/aromatic N) is 1. The summed E-state index contributed by atoms with van der Waals surface area (Å²) in [6.07, 6.45) is 0.667. The molecule has 1 aromatic heterocycles. The van der Waals surface area contributed by atoms with Crippen LogP contribution in [0.4, 0.5) is 5.69 Å². The third-order valence-corrected chi connectivity index (χ3v) is 8.26. The normalized spacial score (nSPS) is 15.9. The van der Waals surface area contributed by atoms with Crippen molar-refractivity contribution in [3.05, 3.63) is 44.2 Å². The monoisotopic (exact) mass is 406 g/mol. The van der Waals surface area contributed by atoms with Gasteiger partial charge in [0.05, 0.1) is 8.81 Å². The molecule has 2 heterocycles. The molecule has 2 N–H and O–H groups in total. The Hall–Kier alpha value is -0.600. The highest BCUT2D eigenvalue weighted by Gasteiger charge is 2.30. The summed E-state index contributed by atoms with van der Waals surface area (Å²) in [4.78, 5) is 0. The number of thiophene rings is 1. The number of hydrogen-bond donors (Lipinski definition) is 1. The van der Waals surface area contributed by atoms with E-state index in [1.807, 2.05) is 12.1 Å². The van der Waals surface area contributed by atoms with E-state index in [9.17, 15) is 8.42 Å². The molecule has 3 rings (SSSR count). The van der Waals surface area contributed by atoms with Crippen molar-refractivity contribution in [1.82, 2.24) is 4.31 Å². The molecule has 1 aliphatic rings. The first-order valence-corrected chi connectivity index (χ1v) is 9.63. The summed E-state index contributed by atoms with van der Waals surface area (Å²) >= 11 is 10.3.